The van der Waals surface area contributed by atoms with Crippen molar-refractivity contribution in [3.05, 3.63) is 62.5 Å². The molecule has 1 amide bonds. The molecule has 5 nitrogen and oxygen atoms in total. The van der Waals surface area contributed by atoms with Gasteiger partial charge in [-0.05, 0) is 31.4 Å². The fraction of sp³-hybridized carbons (Fsp3) is 0.350. The number of thiophene rings is 1. The molecule has 0 saturated carbocycles. The Kier molecular flexibility index (Phi) is 5.52. The van der Waals surface area contributed by atoms with Gasteiger partial charge in [-0.1, -0.05) is 43.7 Å². The first kappa shape index (κ1) is 18.3. The largest absolute Gasteiger partial charge is 0.349 e. The quantitative estimate of drug-likeness (QED) is 0.694. The maximum absolute atomic E-state index is 12.6. The molecule has 1 aromatic carbocycles. The van der Waals surface area contributed by atoms with Crippen LogP contribution < -0.4 is 10.9 Å². The Morgan fingerprint density at radius 3 is 2.73 bits per heavy atom. The van der Waals surface area contributed by atoms with Gasteiger partial charge in [-0.25, -0.2) is 4.98 Å². The molecule has 3 rings (SSSR count). The van der Waals surface area contributed by atoms with Crippen LogP contribution in [0.15, 0.2) is 35.1 Å². The van der Waals surface area contributed by atoms with Gasteiger partial charge < -0.3 is 10.3 Å². The average molecular weight is 369 g/mol. The minimum absolute atomic E-state index is 0.108. The van der Waals surface area contributed by atoms with Crippen molar-refractivity contribution in [3.63, 3.8) is 0 Å². The van der Waals surface area contributed by atoms with Crippen LogP contribution in [0.1, 0.15) is 53.3 Å². The first-order chi connectivity index (χ1) is 12.5. The van der Waals surface area contributed by atoms with E-state index in [2.05, 4.69) is 22.2 Å². The number of amides is 1. The van der Waals surface area contributed by atoms with E-state index in [1.165, 1.54) is 11.3 Å². The van der Waals surface area contributed by atoms with Crippen molar-refractivity contribution in [1.29, 1.82) is 0 Å². The third kappa shape index (κ3) is 3.85. The zero-order chi connectivity index (χ0) is 18.7. The minimum Gasteiger partial charge on any atom is -0.349 e. The molecule has 1 atom stereocenters. The SMILES string of the molecule is CCC[C@@H](C)NC(=O)c1sc2nc(Cc3ccccc3)[nH]c(=O)c2c1C. The lowest BCUT2D eigenvalue weighted by Crippen LogP contribution is -2.32. The Labute approximate surface area is 156 Å². The van der Waals surface area contributed by atoms with Crippen LogP contribution in [0.4, 0.5) is 0 Å². The van der Waals surface area contributed by atoms with Crippen molar-refractivity contribution < 1.29 is 4.79 Å². The van der Waals surface area contributed by atoms with Crippen molar-refractivity contribution >= 4 is 27.5 Å². The lowest BCUT2D eigenvalue weighted by Gasteiger charge is -2.11. The van der Waals surface area contributed by atoms with Gasteiger partial charge in [0, 0.05) is 12.5 Å². The monoisotopic (exact) mass is 369 g/mol. The van der Waals surface area contributed by atoms with Crippen LogP contribution in [0, 0.1) is 6.92 Å². The summed E-state index contributed by atoms with van der Waals surface area (Å²) < 4.78 is 0. The van der Waals surface area contributed by atoms with Gasteiger partial charge in [-0.15, -0.1) is 11.3 Å². The van der Waals surface area contributed by atoms with Gasteiger partial charge in [0.05, 0.1) is 10.3 Å². The molecule has 0 aliphatic carbocycles. The van der Waals surface area contributed by atoms with Gasteiger partial charge in [0.25, 0.3) is 11.5 Å². The van der Waals surface area contributed by atoms with Crippen LogP contribution in [0.5, 0.6) is 0 Å². The summed E-state index contributed by atoms with van der Waals surface area (Å²) in [4.78, 5) is 33.8. The van der Waals surface area contributed by atoms with Crippen LogP contribution in [0.2, 0.25) is 0 Å². The predicted molar refractivity (Wildman–Crippen MR) is 106 cm³/mol. The zero-order valence-corrected chi connectivity index (χ0v) is 16.1. The summed E-state index contributed by atoms with van der Waals surface area (Å²) in [5.41, 5.74) is 1.59. The molecular formula is C20H23N3O2S. The molecule has 2 heterocycles. The maximum atomic E-state index is 12.6. The fourth-order valence-electron chi connectivity index (χ4n) is 3.07. The summed E-state index contributed by atoms with van der Waals surface area (Å²) in [5.74, 6) is 0.483. The second-order valence-corrected chi connectivity index (χ2v) is 7.57. The smallest absolute Gasteiger partial charge is 0.261 e. The Bertz CT molecular complexity index is 976. The molecule has 0 unspecified atom stereocenters. The maximum Gasteiger partial charge on any atom is 0.261 e. The van der Waals surface area contributed by atoms with Gasteiger partial charge in [0.2, 0.25) is 0 Å². The number of aryl methyl sites for hydroxylation is 1. The topological polar surface area (TPSA) is 74.8 Å². The highest BCUT2D eigenvalue weighted by Gasteiger charge is 2.20. The minimum atomic E-state index is -0.185. The number of carbonyl (C=O) groups is 1. The van der Waals surface area contributed by atoms with Crippen LogP contribution in [-0.2, 0) is 6.42 Å². The standard InChI is InChI=1S/C20H23N3O2S/c1-4-8-12(2)21-19(25)17-13(3)16-18(24)22-15(23-20(16)26-17)11-14-9-6-5-7-10-14/h5-7,9-10,12H,4,8,11H2,1-3H3,(H,21,25)(H,22,23,24)/t12-/m1/s1. The van der Waals surface area contributed by atoms with Crippen LogP contribution >= 0.6 is 11.3 Å². The summed E-state index contributed by atoms with van der Waals surface area (Å²) in [6.45, 7) is 5.89. The van der Waals surface area contributed by atoms with E-state index < -0.39 is 0 Å². The third-order valence-electron chi connectivity index (χ3n) is 4.37. The zero-order valence-electron chi connectivity index (χ0n) is 15.3. The van der Waals surface area contributed by atoms with Crippen molar-refractivity contribution in [3.8, 4) is 0 Å². The second kappa shape index (κ2) is 7.83. The number of nitrogens with zero attached hydrogens (tertiary/aromatic N) is 1. The van der Waals surface area contributed by atoms with E-state index in [-0.39, 0.29) is 17.5 Å². The van der Waals surface area contributed by atoms with E-state index in [0.29, 0.717) is 32.9 Å². The van der Waals surface area contributed by atoms with E-state index in [1.807, 2.05) is 44.2 Å². The number of carbonyl (C=O) groups excluding carboxylic acids is 1. The number of benzene rings is 1. The van der Waals surface area contributed by atoms with Crippen LogP contribution in [0.25, 0.3) is 10.2 Å². The van der Waals surface area contributed by atoms with E-state index in [4.69, 9.17) is 0 Å². The fourth-order valence-corrected chi connectivity index (χ4v) is 4.18. The Morgan fingerprint density at radius 2 is 2.04 bits per heavy atom. The van der Waals surface area contributed by atoms with Crippen molar-refractivity contribution in [1.82, 2.24) is 15.3 Å². The van der Waals surface area contributed by atoms with Gasteiger partial charge in [-0.3, -0.25) is 9.59 Å². The summed E-state index contributed by atoms with van der Waals surface area (Å²) in [5, 5.41) is 3.52. The van der Waals surface area contributed by atoms with Crippen molar-refractivity contribution in [2.24, 2.45) is 0 Å². The van der Waals surface area contributed by atoms with E-state index in [9.17, 15) is 9.59 Å². The van der Waals surface area contributed by atoms with Crippen molar-refractivity contribution in [2.45, 2.75) is 46.1 Å². The number of aromatic nitrogens is 2. The number of fused-ring (bicyclic) bond motifs is 1. The number of H-pyrrole nitrogens is 1. The first-order valence-corrected chi connectivity index (χ1v) is 9.68. The predicted octanol–water partition coefficient (Wildman–Crippen LogP) is 3.80. The summed E-state index contributed by atoms with van der Waals surface area (Å²) in [6.07, 6.45) is 2.49. The molecule has 2 N–H and O–H groups in total. The molecule has 6 heteroatoms. The number of rotatable bonds is 6. The lowest BCUT2D eigenvalue weighted by molar-refractivity contribution is 0.0942. The molecule has 136 valence electrons. The number of nitrogens with one attached hydrogen (secondary N) is 2. The van der Waals surface area contributed by atoms with Gasteiger partial charge in [-0.2, -0.15) is 0 Å². The first-order valence-electron chi connectivity index (χ1n) is 8.86. The third-order valence-corrected chi connectivity index (χ3v) is 5.55. The van der Waals surface area contributed by atoms with E-state index in [1.54, 1.807) is 0 Å². The molecular weight excluding hydrogens is 346 g/mol. The molecule has 2 aromatic heterocycles. The second-order valence-electron chi connectivity index (χ2n) is 6.57. The molecule has 0 fully saturated rings. The Hall–Kier alpha value is -2.47. The molecule has 0 radical (unpaired) electrons. The van der Waals surface area contributed by atoms with Gasteiger partial charge in [0.1, 0.15) is 10.7 Å². The molecule has 0 saturated heterocycles. The van der Waals surface area contributed by atoms with E-state index >= 15 is 0 Å². The molecule has 0 bridgehead atoms. The highest BCUT2D eigenvalue weighted by atomic mass is 32.1. The number of hydrogen-bond donors (Lipinski definition) is 2. The summed E-state index contributed by atoms with van der Waals surface area (Å²) >= 11 is 1.29. The Balaban J connectivity index is 1.93. The van der Waals surface area contributed by atoms with Gasteiger partial charge >= 0.3 is 0 Å². The summed E-state index contributed by atoms with van der Waals surface area (Å²) in [7, 11) is 0. The van der Waals surface area contributed by atoms with Gasteiger partial charge in [0.15, 0.2) is 0 Å². The van der Waals surface area contributed by atoms with Crippen molar-refractivity contribution in [2.75, 3.05) is 0 Å². The average Bonchev–Trinajstić information content (AvgIpc) is 2.93. The normalized spacial score (nSPS) is 12.3. The molecule has 26 heavy (non-hydrogen) atoms. The number of aromatic amines is 1. The molecule has 0 spiro atoms. The molecule has 0 aliphatic rings. The van der Waals surface area contributed by atoms with E-state index in [0.717, 1.165) is 18.4 Å². The molecule has 0 aliphatic heterocycles. The highest BCUT2D eigenvalue weighted by molar-refractivity contribution is 7.20. The number of hydrogen-bond acceptors (Lipinski definition) is 4. The van der Waals surface area contributed by atoms with Crippen LogP contribution in [-0.4, -0.2) is 21.9 Å². The van der Waals surface area contributed by atoms with Crippen LogP contribution in [0.3, 0.4) is 0 Å². The lowest BCUT2D eigenvalue weighted by atomic mass is 10.1. The Morgan fingerprint density at radius 1 is 1.31 bits per heavy atom. The summed E-state index contributed by atoms with van der Waals surface area (Å²) in [6, 6.07) is 9.98. The highest BCUT2D eigenvalue weighted by Crippen LogP contribution is 2.27. The molecule has 3 aromatic rings.